The summed E-state index contributed by atoms with van der Waals surface area (Å²) >= 11 is 0. The highest BCUT2D eigenvalue weighted by atomic mass is 32.3. The molecule has 1 aliphatic rings. The van der Waals surface area contributed by atoms with Crippen LogP contribution in [0.5, 0.6) is 0 Å². The van der Waals surface area contributed by atoms with Crippen LogP contribution in [0, 0.1) is 0 Å². The van der Waals surface area contributed by atoms with Gasteiger partial charge in [0.2, 0.25) is 0 Å². The van der Waals surface area contributed by atoms with Crippen LogP contribution in [0.15, 0.2) is 35.4 Å². The highest BCUT2D eigenvalue weighted by Gasteiger charge is 2.32. The Bertz CT molecular complexity index is 749. The van der Waals surface area contributed by atoms with Crippen molar-refractivity contribution in [3.05, 3.63) is 36.2 Å². The van der Waals surface area contributed by atoms with E-state index in [1.807, 2.05) is 0 Å². The van der Waals surface area contributed by atoms with Gasteiger partial charge in [-0.25, -0.2) is 4.68 Å². The Morgan fingerprint density at radius 3 is 2.62 bits per heavy atom. The Kier molecular flexibility index (Phi) is 3.29. The van der Waals surface area contributed by atoms with Gasteiger partial charge in [0.1, 0.15) is 5.69 Å². The second-order valence-electron chi connectivity index (χ2n) is 5.34. The van der Waals surface area contributed by atoms with E-state index in [1.54, 1.807) is 10.9 Å². The number of hydrogen-bond donors (Lipinski definition) is 1. The lowest BCUT2D eigenvalue weighted by Gasteiger charge is -2.20. The monoisotopic (exact) mass is 310 g/mol. The van der Waals surface area contributed by atoms with Crippen molar-refractivity contribution in [1.29, 1.82) is 0 Å². The average Bonchev–Trinajstić information content (AvgIpc) is 3.07. The van der Waals surface area contributed by atoms with E-state index in [9.17, 15) is 12.3 Å². The van der Waals surface area contributed by atoms with Crippen molar-refractivity contribution in [2.45, 2.75) is 30.2 Å². The molecule has 1 aromatic heterocycles. The van der Waals surface area contributed by atoms with Crippen molar-refractivity contribution < 1.29 is 12.3 Å². The van der Waals surface area contributed by atoms with Crippen LogP contribution >= 0.6 is 0 Å². The van der Waals surface area contributed by atoms with Gasteiger partial charge in [-0.1, -0.05) is 5.21 Å². The number of nitrogens with zero attached hydrogens (tertiary/aromatic N) is 3. The molecule has 8 heteroatoms. The van der Waals surface area contributed by atoms with Gasteiger partial charge in [0.25, 0.3) is 0 Å². The van der Waals surface area contributed by atoms with E-state index in [0.717, 1.165) is 25.1 Å². The van der Waals surface area contributed by atoms with Crippen LogP contribution in [-0.2, 0) is 15.8 Å². The fraction of sp³-hybridized carbons (Fsp3) is 0.385. The molecule has 0 amide bonds. The molecular formula is C13H15FN4O2S. The van der Waals surface area contributed by atoms with E-state index >= 15 is 0 Å². The van der Waals surface area contributed by atoms with Gasteiger partial charge in [0.15, 0.2) is 0 Å². The van der Waals surface area contributed by atoms with Gasteiger partial charge in [-0.05, 0) is 50.6 Å². The Morgan fingerprint density at radius 1 is 1.33 bits per heavy atom. The number of halogens is 1. The summed E-state index contributed by atoms with van der Waals surface area (Å²) in [5, 5.41) is 11.6. The number of benzene rings is 1. The summed E-state index contributed by atoms with van der Waals surface area (Å²) < 4.78 is 36.0. The Balaban J connectivity index is 1.90. The molecule has 1 N–H and O–H groups in total. The largest absolute Gasteiger partial charge is 0.332 e. The highest BCUT2D eigenvalue weighted by Crippen LogP contribution is 2.28. The topological polar surface area (TPSA) is 76.9 Å². The first kappa shape index (κ1) is 14.2. The average molecular weight is 310 g/mol. The van der Waals surface area contributed by atoms with Gasteiger partial charge in [0, 0.05) is 0 Å². The molecule has 0 spiro atoms. The van der Waals surface area contributed by atoms with E-state index in [2.05, 4.69) is 22.6 Å². The molecule has 112 valence electrons. The molecule has 21 heavy (non-hydrogen) atoms. The summed E-state index contributed by atoms with van der Waals surface area (Å²) in [6, 6.07) is 5.41. The predicted molar refractivity (Wildman–Crippen MR) is 74.2 cm³/mol. The van der Waals surface area contributed by atoms with E-state index < -0.39 is 10.2 Å². The molecule has 2 heterocycles. The van der Waals surface area contributed by atoms with E-state index in [1.165, 1.54) is 24.3 Å². The maximum Gasteiger partial charge on any atom is 0.332 e. The Hall–Kier alpha value is -1.80. The normalized spacial score (nSPS) is 22.6. The third kappa shape index (κ3) is 2.68. The zero-order valence-electron chi connectivity index (χ0n) is 11.5. The first-order chi connectivity index (χ1) is 9.88. The molecular weight excluding hydrogens is 295 g/mol. The van der Waals surface area contributed by atoms with Crippen LogP contribution < -0.4 is 5.32 Å². The second kappa shape index (κ2) is 4.88. The maximum absolute atomic E-state index is 12.8. The molecule has 1 aromatic carbocycles. The second-order valence-corrected chi connectivity index (χ2v) is 6.69. The summed E-state index contributed by atoms with van der Waals surface area (Å²) in [5.74, 6) is 0. The first-order valence-electron chi connectivity index (χ1n) is 6.61. The van der Waals surface area contributed by atoms with Gasteiger partial charge >= 0.3 is 10.2 Å². The quantitative estimate of drug-likeness (QED) is 0.870. The Morgan fingerprint density at radius 2 is 2.05 bits per heavy atom. The lowest BCUT2D eigenvalue weighted by Crippen LogP contribution is -2.33. The standard InChI is InChI=1S/C13H15FN4O2S/c1-13(7-2-8-15-13)12-9-18(17-16-12)10-3-5-11(6-4-10)21(14,19)20/h3-6,9,15H,2,7-8H2,1H3/t13-/m0/s1. The van der Waals surface area contributed by atoms with Gasteiger partial charge < -0.3 is 5.32 Å². The van der Waals surface area contributed by atoms with Crippen molar-refractivity contribution in [1.82, 2.24) is 20.3 Å². The van der Waals surface area contributed by atoms with Crippen molar-refractivity contribution in [2.75, 3.05) is 6.54 Å². The third-order valence-corrected chi connectivity index (χ3v) is 4.65. The smallest absolute Gasteiger partial charge is 0.306 e. The molecule has 0 bridgehead atoms. The maximum atomic E-state index is 12.8. The molecule has 6 nitrogen and oxygen atoms in total. The molecule has 0 radical (unpaired) electrons. The zero-order valence-corrected chi connectivity index (χ0v) is 12.3. The van der Waals surface area contributed by atoms with E-state index in [-0.39, 0.29) is 10.4 Å². The van der Waals surface area contributed by atoms with Crippen LogP contribution in [0.2, 0.25) is 0 Å². The van der Waals surface area contributed by atoms with Crippen LogP contribution in [-0.4, -0.2) is 30.0 Å². The van der Waals surface area contributed by atoms with Crippen LogP contribution in [0.1, 0.15) is 25.5 Å². The highest BCUT2D eigenvalue weighted by molar-refractivity contribution is 7.86. The van der Waals surface area contributed by atoms with Crippen LogP contribution in [0.4, 0.5) is 3.89 Å². The predicted octanol–water partition coefficient (Wildman–Crippen LogP) is 1.52. The van der Waals surface area contributed by atoms with Crippen LogP contribution in [0.25, 0.3) is 5.69 Å². The molecule has 1 saturated heterocycles. The van der Waals surface area contributed by atoms with Crippen molar-refractivity contribution in [3.63, 3.8) is 0 Å². The summed E-state index contributed by atoms with van der Waals surface area (Å²) in [7, 11) is -4.67. The fourth-order valence-electron chi connectivity index (χ4n) is 2.52. The zero-order chi connectivity index (χ0) is 15.1. The van der Waals surface area contributed by atoms with Crippen LogP contribution in [0.3, 0.4) is 0 Å². The molecule has 3 rings (SSSR count). The minimum absolute atomic E-state index is 0.180. The van der Waals surface area contributed by atoms with E-state index in [4.69, 9.17) is 0 Å². The summed E-state index contributed by atoms with van der Waals surface area (Å²) in [5.41, 5.74) is 1.28. The molecule has 1 fully saturated rings. The number of nitrogens with one attached hydrogen (secondary N) is 1. The molecule has 1 aliphatic heterocycles. The van der Waals surface area contributed by atoms with Crippen molar-refractivity contribution in [3.8, 4) is 5.69 Å². The summed E-state index contributed by atoms with van der Waals surface area (Å²) in [6.07, 6.45) is 3.88. The van der Waals surface area contributed by atoms with Crippen molar-refractivity contribution >= 4 is 10.2 Å². The summed E-state index contributed by atoms with van der Waals surface area (Å²) in [6.45, 7) is 3.03. The van der Waals surface area contributed by atoms with Gasteiger partial charge in [-0.15, -0.1) is 8.98 Å². The minimum atomic E-state index is -4.67. The lowest BCUT2D eigenvalue weighted by atomic mass is 9.97. The molecule has 2 aromatic rings. The fourth-order valence-corrected chi connectivity index (χ4v) is 2.98. The Labute approximate surface area is 122 Å². The van der Waals surface area contributed by atoms with Gasteiger partial charge in [0.05, 0.1) is 22.3 Å². The lowest BCUT2D eigenvalue weighted by molar-refractivity contribution is 0.421. The number of rotatable bonds is 3. The van der Waals surface area contributed by atoms with E-state index in [0.29, 0.717) is 5.69 Å². The molecule has 0 aliphatic carbocycles. The first-order valence-corrected chi connectivity index (χ1v) is 8.00. The summed E-state index contributed by atoms with van der Waals surface area (Å²) in [4.78, 5) is -0.365. The third-order valence-electron chi connectivity index (χ3n) is 3.81. The number of aromatic nitrogens is 3. The number of hydrogen-bond acceptors (Lipinski definition) is 5. The minimum Gasteiger partial charge on any atom is -0.306 e. The van der Waals surface area contributed by atoms with Crippen molar-refractivity contribution in [2.24, 2.45) is 0 Å². The molecule has 0 unspecified atom stereocenters. The molecule has 0 saturated carbocycles. The van der Waals surface area contributed by atoms with Gasteiger partial charge in [-0.2, -0.15) is 8.42 Å². The van der Waals surface area contributed by atoms with Gasteiger partial charge in [-0.3, -0.25) is 0 Å². The molecule has 1 atom stereocenters. The SMILES string of the molecule is C[C@@]1(c2cn(-c3ccc(S(=O)(=O)F)cc3)nn2)CCCN1.